The molecule has 4 nitrogen and oxygen atoms in total. The van der Waals surface area contributed by atoms with E-state index in [1.165, 1.54) is 10.8 Å². The first-order chi connectivity index (χ1) is 13.1. The highest BCUT2D eigenvalue weighted by Gasteiger charge is 2.37. The van der Waals surface area contributed by atoms with Crippen LogP contribution in [0.2, 0.25) is 0 Å². The van der Waals surface area contributed by atoms with Crippen molar-refractivity contribution in [3.05, 3.63) is 60.7 Å². The minimum absolute atomic E-state index is 0.0381. The van der Waals surface area contributed by atoms with E-state index < -0.39 is 0 Å². The zero-order valence-corrected chi connectivity index (χ0v) is 15.7. The van der Waals surface area contributed by atoms with Crippen LogP contribution in [0.25, 0.3) is 10.8 Å². The van der Waals surface area contributed by atoms with Crippen LogP contribution in [-0.2, 0) is 9.31 Å². The zero-order valence-electron chi connectivity index (χ0n) is 15.7. The molecule has 0 saturated carbocycles. The van der Waals surface area contributed by atoms with Gasteiger partial charge < -0.3 is 19.8 Å². The van der Waals surface area contributed by atoms with Gasteiger partial charge in [0.05, 0.1) is 0 Å². The smallest absolute Gasteiger partial charge is 0.407 e. The fourth-order valence-corrected chi connectivity index (χ4v) is 3.94. The van der Waals surface area contributed by atoms with Crippen molar-refractivity contribution in [3.63, 3.8) is 0 Å². The molecular formula is C21H22B2N2O2. The monoisotopic (exact) mass is 356 g/mol. The van der Waals surface area contributed by atoms with E-state index in [1.54, 1.807) is 0 Å². The normalized spacial score (nSPS) is 18.1. The summed E-state index contributed by atoms with van der Waals surface area (Å²) >= 11 is 0. The molecule has 0 aromatic heterocycles. The van der Waals surface area contributed by atoms with E-state index in [0.717, 1.165) is 22.3 Å². The number of anilines is 2. The van der Waals surface area contributed by atoms with Crippen molar-refractivity contribution in [3.8, 4) is 0 Å². The first kappa shape index (κ1) is 16.7. The van der Waals surface area contributed by atoms with Gasteiger partial charge in [0, 0.05) is 35.4 Å². The van der Waals surface area contributed by atoms with Crippen molar-refractivity contribution >= 4 is 47.2 Å². The highest BCUT2D eigenvalue weighted by atomic mass is 16.6. The maximum atomic E-state index is 6.06. The third-order valence-corrected chi connectivity index (χ3v) is 5.32. The molecule has 1 saturated heterocycles. The largest absolute Gasteiger partial charge is 0.493 e. The Morgan fingerprint density at radius 3 is 2.00 bits per heavy atom. The second kappa shape index (κ2) is 6.32. The van der Waals surface area contributed by atoms with Crippen LogP contribution in [0.1, 0.15) is 13.8 Å². The van der Waals surface area contributed by atoms with Crippen LogP contribution < -0.4 is 21.4 Å². The lowest BCUT2D eigenvalue weighted by molar-refractivity contribution is 0.0344. The third kappa shape index (κ3) is 2.99. The number of benzene rings is 3. The predicted octanol–water partition coefficient (Wildman–Crippen LogP) is 2.84. The Morgan fingerprint density at radius 1 is 0.778 bits per heavy atom. The lowest BCUT2D eigenvalue weighted by atomic mass is 9.58. The van der Waals surface area contributed by atoms with Crippen molar-refractivity contribution < 1.29 is 9.31 Å². The van der Waals surface area contributed by atoms with Crippen molar-refractivity contribution in [1.82, 2.24) is 0 Å². The summed E-state index contributed by atoms with van der Waals surface area (Å²) in [5.41, 5.74) is 4.57. The molecule has 134 valence electrons. The van der Waals surface area contributed by atoms with Gasteiger partial charge in [-0.1, -0.05) is 62.4 Å². The minimum Gasteiger partial charge on any atom is -0.407 e. The van der Waals surface area contributed by atoms with Crippen LogP contribution in [0, 0.1) is 5.41 Å². The SMILES string of the molecule is CC1(C)COB(c2ccccc2B2Nc3cccc4cccc(c34)N2)OC1. The van der Waals surface area contributed by atoms with E-state index in [9.17, 15) is 0 Å². The maximum Gasteiger partial charge on any atom is 0.493 e. The summed E-state index contributed by atoms with van der Waals surface area (Å²) in [5.74, 6) is 0. The van der Waals surface area contributed by atoms with Crippen LogP contribution in [0.5, 0.6) is 0 Å². The molecule has 0 bridgehead atoms. The number of hydrogen-bond acceptors (Lipinski definition) is 4. The topological polar surface area (TPSA) is 42.5 Å². The van der Waals surface area contributed by atoms with Crippen molar-refractivity contribution in [2.75, 3.05) is 23.7 Å². The van der Waals surface area contributed by atoms with E-state index in [2.05, 4.69) is 78.9 Å². The first-order valence-corrected chi connectivity index (χ1v) is 9.48. The molecule has 2 heterocycles. The van der Waals surface area contributed by atoms with Gasteiger partial charge in [-0.05, 0) is 28.4 Å². The molecule has 0 radical (unpaired) electrons. The highest BCUT2D eigenvalue weighted by molar-refractivity contribution is 6.85. The minimum atomic E-state index is -0.328. The maximum absolute atomic E-state index is 6.06. The van der Waals surface area contributed by atoms with Crippen LogP contribution in [0.15, 0.2) is 60.7 Å². The standard InChI is InChI=1S/C21H22B2N2O2/c1-21(2)13-26-23(27-14-21)17-10-4-3-9-16(17)22-24-18-11-5-7-15-8-6-12-19(25-22)20(15)18/h3-12,24-25H,13-14H2,1-2H3. The number of hydrogen-bond donors (Lipinski definition) is 2. The Morgan fingerprint density at radius 2 is 1.37 bits per heavy atom. The Balaban J connectivity index is 1.50. The number of rotatable bonds is 2. The molecule has 5 rings (SSSR count). The average Bonchev–Trinajstić information content (AvgIpc) is 2.68. The zero-order chi connectivity index (χ0) is 18.4. The van der Waals surface area contributed by atoms with Gasteiger partial charge in [0.25, 0.3) is 0 Å². The summed E-state index contributed by atoms with van der Waals surface area (Å²) in [6, 6.07) is 21.1. The Kier molecular flexibility index (Phi) is 3.92. The van der Waals surface area contributed by atoms with E-state index in [1.807, 2.05) is 6.07 Å². The fraction of sp³-hybridized carbons (Fsp3) is 0.238. The number of nitrogens with one attached hydrogen (secondary N) is 2. The molecular weight excluding hydrogens is 334 g/mol. The second-order valence-corrected chi connectivity index (χ2v) is 8.18. The molecule has 2 aliphatic rings. The van der Waals surface area contributed by atoms with E-state index >= 15 is 0 Å². The van der Waals surface area contributed by atoms with Gasteiger partial charge in [0.15, 0.2) is 0 Å². The molecule has 6 heteroatoms. The molecule has 0 spiro atoms. The second-order valence-electron chi connectivity index (χ2n) is 8.18. The van der Waals surface area contributed by atoms with Crippen molar-refractivity contribution in [1.29, 1.82) is 0 Å². The molecule has 3 aromatic carbocycles. The molecule has 2 aliphatic heterocycles. The molecule has 0 atom stereocenters. The molecule has 0 amide bonds. The van der Waals surface area contributed by atoms with Crippen LogP contribution >= 0.6 is 0 Å². The summed E-state index contributed by atoms with van der Waals surface area (Å²) in [4.78, 5) is 0. The fourth-order valence-electron chi connectivity index (χ4n) is 3.94. The molecule has 1 fully saturated rings. The van der Waals surface area contributed by atoms with Gasteiger partial charge >= 0.3 is 14.1 Å². The van der Waals surface area contributed by atoms with Crippen LogP contribution in [0.4, 0.5) is 11.4 Å². The Bertz CT molecular complexity index is 958. The highest BCUT2D eigenvalue weighted by Crippen LogP contribution is 2.33. The molecule has 0 unspecified atom stereocenters. The van der Waals surface area contributed by atoms with Crippen LogP contribution in [0.3, 0.4) is 0 Å². The van der Waals surface area contributed by atoms with Crippen LogP contribution in [-0.4, -0.2) is 27.3 Å². The van der Waals surface area contributed by atoms with Gasteiger partial charge in [0.1, 0.15) is 0 Å². The summed E-state index contributed by atoms with van der Waals surface area (Å²) in [7, 11) is -0.328. The summed E-state index contributed by atoms with van der Waals surface area (Å²) in [6.45, 7) is 5.68. The van der Waals surface area contributed by atoms with Gasteiger partial charge in [-0.25, -0.2) is 0 Å². The Hall–Kier alpha value is -2.43. The molecule has 3 aromatic rings. The average molecular weight is 356 g/mol. The van der Waals surface area contributed by atoms with Crippen molar-refractivity contribution in [2.24, 2.45) is 5.41 Å². The van der Waals surface area contributed by atoms with E-state index in [-0.39, 0.29) is 19.5 Å². The predicted molar refractivity (Wildman–Crippen MR) is 114 cm³/mol. The van der Waals surface area contributed by atoms with Gasteiger partial charge in [-0.2, -0.15) is 0 Å². The summed E-state index contributed by atoms with van der Waals surface area (Å²) in [6.07, 6.45) is 0. The van der Waals surface area contributed by atoms with E-state index in [0.29, 0.717) is 13.2 Å². The van der Waals surface area contributed by atoms with Gasteiger partial charge in [0.2, 0.25) is 0 Å². The lowest BCUT2D eigenvalue weighted by Gasteiger charge is -2.34. The van der Waals surface area contributed by atoms with Gasteiger partial charge in [-0.3, -0.25) is 0 Å². The van der Waals surface area contributed by atoms with Crippen molar-refractivity contribution in [2.45, 2.75) is 13.8 Å². The Labute approximate surface area is 160 Å². The molecule has 0 aliphatic carbocycles. The molecule has 2 N–H and O–H groups in total. The molecule has 27 heavy (non-hydrogen) atoms. The van der Waals surface area contributed by atoms with E-state index in [4.69, 9.17) is 9.31 Å². The first-order valence-electron chi connectivity index (χ1n) is 9.48. The quantitative estimate of drug-likeness (QED) is 0.694. The summed E-state index contributed by atoms with van der Waals surface area (Å²) < 4.78 is 12.1. The summed E-state index contributed by atoms with van der Waals surface area (Å²) in [5, 5.41) is 9.77. The van der Waals surface area contributed by atoms with Gasteiger partial charge in [-0.15, -0.1) is 0 Å². The lowest BCUT2D eigenvalue weighted by Crippen LogP contribution is -2.60. The third-order valence-electron chi connectivity index (χ3n) is 5.32.